The van der Waals surface area contributed by atoms with Crippen molar-refractivity contribution in [3.05, 3.63) is 29.6 Å². The zero-order valence-electron chi connectivity index (χ0n) is 20.2. The average Bonchev–Trinajstić information content (AvgIpc) is 3.56. The minimum absolute atomic E-state index is 0.0200. The zero-order valence-corrected chi connectivity index (χ0v) is 20.2. The molecule has 0 aromatic carbocycles. The summed E-state index contributed by atoms with van der Waals surface area (Å²) in [6.07, 6.45) is 5.11. The molecule has 1 aromatic heterocycles. The van der Waals surface area contributed by atoms with Crippen LogP contribution in [0.15, 0.2) is 18.3 Å². The van der Waals surface area contributed by atoms with Crippen molar-refractivity contribution in [3.8, 4) is 0 Å². The molecule has 7 nitrogen and oxygen atoms in total. The van der Waals surface area contributed by atoms with Gasteiger partial charge in [0.05, 0.1) is 5.69 Å². The van der Waals surface area contributed by atoms with Crippen molar-refractivity contribution >= 4 is 11.8 Å². The van der Waals surface area contributed by atoms with Crippen LogP contribution in [-0.4, -0.2) is 94.8 Å². The molecule has 1 saturated carbocycles. The topological polar surface area (TPSA) is 60.0 Å². The standard InChI is InChI=1S/C25H39N5O2/c1-19(2)23(31)29-13-10-28(11-14-29)17-22-6-5-21(16-26-22)15-20(3)24(32)30-12-9-27(4)25(18-30)7-8-25/h5-6,16,19-20H,7-15,17-18H2,1-4H3. The Bertz CT molecular complexity index is 812. The van der Waals surface area contributed by atoms with E-state index in [1.165, 1.54) is 12.8 Å². The summed E-state index contributed by atoms with van der Waals surface area (Å²) >= 11 is 0. The molecule has 3 heterocycles. The van der Waals surface area contributed by atoms with E-state index in [1.807, 2.05) is 31.9 Å². The van der Waals surface area contributed by atoms with Gasteiger partial charge in [0.2, 0.25) is 11.8 Å². The molecule has 2 aliphatic heterocycles. The highest BCUT2D eigenvalue weighted by Crippen LogP contribution is 2.43. The third-order valence-electron chi connectivity index (χ3n) is 7.55. The second kappa shape index (κ2) is 9.48. The van der Waals surface area contributed by atoms with Crippen molar-refractivity contribution in [2.45, 2.75) is 52.1 Å². The quantitative estimate of drug-likeness (QED) is 0.675. The van der Waals surface area contributed by atoms with E-state index in [0.717, 1.165) is 70.0 Å². The molecule has 1 spiro atoms. The van der Waals surface area contributed by atoms with Crippen LogP contribution < -0.4 is 0 Å². The van der Waals surface area contributed by atoms with Gasteiger partial charge in [0, 0.05) is 75.9 Å². The van der Waals surface area contributed by atoms with Gasteiger partial charge in [0.15, 0.2) is 0 Å². The van der Waals surface area contributed by atoms with E-state index in [1.54, 1.807) is 0 Å². The SMILES string of the molecule is CC(C)C(=O)N1CCN(Cc2ccc(CC(C)C(=O)N3CCN(C)C4(CC4)C3)cn2)CC1. The van der Waals surface area contributed by atoms with Gasteiger partial charge in [-0.15, -0.1) is 0 Å². The number of carbonyl (C=O) groups is 2. The van der Waals surface area contributed by atoms with Crippen LogP contribution in [0.1, 0.15) is 44.9 Å². The lowest BCUT2D eigenvalue weighted by molar-refractivity contribution is -0.138. The number of likely N-dealkylation sites (N-methyl/N-ethyl adjacent to an activating group) is 1. The lowest BCUT2D eigenvalue weighted by Crippen LogP contribution is -2.55. The smallest absolute Gasteiger partial charge is 0.225 e. The van der Waals surface area contributed by atoms with E-state index in [9.17, 15) is 9.59 Å². The number of aromatic nitrogens is 1. The normalized spacial score (nSPS) is 22.4. The predicted octanol–water partition coefficient (Wildman–Crippen LogP) is 1.87. The maximum atomic E-state index is 13.0. The Morgan fingerprint density at radius 2 is 1.66 bits per heavy atom. The van der Waals surface area contributed by atoms with Gasteiger partial charge in [0.1, 0.15) is 0 Å². The van der Waals surface area contributed by atoms with Crippen LogP contribution in [0.4, 0.5) is 0 Å². The maximum Gasteiger partial charge on any atom is 0.225 e. The van der Waals surface area contributed by atoms with Gasteiger partial charge < -0.3 is 9.80 Å². The van der Waals surface area contributed by atoms with Crippen LogP contribution in [0.2, 0.25) is 0 Å². The number of nitrogens with zero attached hydrogens (tertiary/aromatic N) is 5. The first-order valence-corrected chi connectivity index (χ1v) is 12.2. The zero-order chi connectivity index (χ0) is 22.9. The molecule has 3 fully saturated rings. The molecule has 0 bridgehead atoms. The highest BCUT2D eigenvalue weighted by Gasteiger charge is 2.50. The molecule has 1 unspecified atom stereocenters. The molecule has 3 aliphatic rings. The average molecular weight is 442 g/mol. The van der Waals surface area contributed by atoms with Crippen molar-refractivity contribution in [3.63, 3.8) is 0 Å². The van der Waals surface area contributed by atoms with E-state index in [-0.39, 0.29) is 29.2 Å². The molecular weight excluding hydrogens is 402 g/mol. The maximum absolute atomic E-state index is 13.0. The summed E-state index contributed by atoms with van der Waals surface area (Å²) in [5.41, 5.74) is 2.44. The fourth-order valence-electron chi connectivity index (χ4n) is 5.08. The fraction of sp³-hybridized carbons (Fsp3) is 0.720. The van der Waals surface area contributed by atoms with Gasteiger partial charge in [-0.1, -0.05) is 26.8 Å². The Labute approximate surface area is 192 Å². The van der Waals surface area contributed by atoms with Gasteiger partial charge in [0.25, 0.3) is 0 Å². The van der Waals surface area contributed by atoms with E-state index < -0.39 is 0 Å². The molecule has 176 valence electrons. The second-order valence-electron chi connectivity index (χ2n) is 10.4. The molecule has 2 saturated heterocycles. The molecule has 1 aliphatic carbocycles. The fourth-order valence-corrected chi connectivity index (χ4v) is 5.08. The third kappa shape index (κ3) is 5.15. The highest BCUT2D eigenvalue weighted by atomic mass is 16.2. The Hall–Kier alpha value is -1.99. The second-order valence-corrected chi connectivity index (χ2v) is 10.4. The summed E-state index contributed by atoms with van der Waals surface area (Å²) in [7, 11) is 2.19. The first kappa shape index (κ1) is 23.2. The van der Waals surface area contributed by atoms with Crippen molar-refractivity contribution in [2.75, 3.05) is 52.9 Å². The van der Waals surface area contributed by atoms with Crippen LogP contribution in [0, 0.1) is 11.8 Å². The Morgan fingerprint density at radius 1 is 0.969 bits per heavy atom. The molecule has 0 radical (unpaired) electrons. The van der Waals surface area contributed by atoms with Gasteiger partial charge in [-0.2, -0.15) is 0 Å². The van der Waals surface area contributed by atoms with Crippen molar-refractivity contribution in [1.82, 2.24) is 24.6 Å². The molecule has 7 heteroatoms. The Kier molecular flexibility index (Phi) is 6.86. The van der Waals surface area contributed by atoms with Crippen molar-refractivity contribution < 1.29 is 9.59 Å². The summed E-state index contributed by atoms with van der Waals surface area (Å²) in [6.45, 7) is 12.9. The van der Waals surface area contributed by atoms with E-state index in [0.29, 0.717) is 0 Å². The van der Waals surface area contributed by atoms with E-state index >= 15 is 0 Å². The van der Waals surface area contributed by atoms with Crippen molar-refractivity contribution in [2.24, 2.45) is 11.8 Å². The van der Waals surface area contributed by atoms with Gasteiger partial charge in [-0.25, -0.2) is 0 Å². The molecule has 0 N–H and O–H groups in total. The minimum atomic E-state index is -0.0200. The third-order valence-corrected chi connectivity index (χ3v) is 7.55. The summed E-state index contributed by atoms with van der Waals surface area (Å²) in [5.74, 6) is 0.575. The summed E-state index contributed by atoms with van der Waals surface area (Å²) in [4.78, 5) is 38.7. The molecular formula is C25H39N5O2. The first-order valence-electron chi connectivity index (χ1n) is 12.2. The van der Waals surface area contributed by atoms with Crippen LogP contribution in [0.3, 0.4) is 0 Å². The molecule has 1 aromatic rings. The number of hydrogen-bond acceptors (Lipinski definition) is 5. The Balaban J connectivity index is 1.24. The molecule has 4 rings (SSSR count). The lowest BCUT2D eigenvalue weighted by atomic mass is 9.99. The van der Waals surface area contributed by atoms with Crippen molar-refractivity contribution in [1.29, 1.82) is 0 Å². The number of carbonyl (C=O) groups excluding carboxylic acids is 2. The summed E-state index contributed by atoms with van der Waals surface area (Å²) in [5, 5.41) is 0. The monoisotopic (exact) mass is 441 g/mol. The molecule has 2 amide bonds. The van der Waals surface area contributed by atoms with Crippen LogP contribution >= 0.6 is 0 Å². The number of rotatable bonds is 6. The van der Waals surface area contributed by atoms with Gasteiger partial charge in [-0.05, 0) is 37.9 Å². The van der Waals surface area contributed by atoms with Crippen LogP contribution in [-0.2, 0) is 22.6 Å². The van der Waals surface area contributed by atoms with Gasteiger partial charge in [-0.3, -0.25) is 24.4 Å². The molecule has 1 atom stereocenters. The first-order chi connectivity index (χ1) is 15.3. The Morgan fingerprint density at radius 3 is 2.25 bits per heavy atom. The van der Waals surface area contributed by atoms with Crippen LogP contribution in [0.25, 0.3) is 0 Å². The lowest BCUT2D eigenvalue weighted by Gasteiger charge is -2.41. The van der Waals surface area contributed by atoms with E-state index in [4.69, 9.17) is 0 Å². The largest absolute Gasteiger partial charge is 0.340 e. The van der Waals surface area contributed by atoms with Crippen LogP contribution in [0.5, 0.6) is 0 Å². The number of pyridine rings is 1. The number of piperazine rings is 2. The summed E-state index contributed by atoms with van der Waals surface area (Å²) < 4.78 is 0. The predicted molar refractivity (Wildman–Crippen MR) is 125 cm³/mol. The summed E-state index contributed by atoms with van der Waals surface area (Å²) in [6, 6.07) is 4.21. The number of amides is 2. The molecule has 32 heavy (non-hydrogen) atoms. The minimum Gasteiger partial charge on any atom is -0.340 e. The van der Waals surface area contributed by atoms with Gasteiger partial charge >= 0.3 is 0 Å². The number of hydrogen-bond donors (Lipinski definition) is 0. The highest BCUT2D eigenvalue weighted by molar-refractivity contribution is 5.79. The van der Waals surface area contributed by atoms with E-state index in [2.05, 4.69) is 38.9 Å².